The summed E-state index contributed by atoms with van der Waals surface area (Å²) in [5.41, 5.74) is 1.82. The summed E-state index contributed by atoms with van der Waals surface area (Å²) in [6.07, 6.45) is 1.60. The lowest BCUT2D eigenvalue weighted by atomic mass is 10.1. The van der Waals surface area contributed by atoms with Crippen LogP contribution in [-0.4, -0.2) is 23.0 Å². The van der Waals surface area contributed by atoms with E-state index in [0.29, 0.717) is 45.0 Å². The Morgan fingerprint density at radius 3 is 2.48 bits per heavy atom. The monoisotopic (exact) mass is 431 g/mol. The summed E-state index contributed by atoms with van der Waals surface area (Å²) in [6, 6.07) is 23.0. The normalized spacial score (nSPS) is 10.4. The maximum Gasteiger partial charge on any atom is 0.255 e. The van der Waals surface area contributed by atoms with Crippen molar-refractivity contribution in [1.29, 1.82) is 0 Å². The molecule has 0 saturated carbocycles. The minimum atomic E-state index is -0.245. The summed E-state index contributed by atoms with van der Waals surface area (Å²) in [5.74, 6) is 1.71. The number of amides is 1. The highest BCUT2D eigenvalue weighted by Crippen LogP contribution is 2.30. The van der Waals surface area contributed by atoms with Crippen molar-refractivity contribution in [3.63, 3.8) is 0 Å². The Balaban J connectivity index is 1.55. The smallest absolute Gasteiger partial charge is 0.255 e. The number of methoxy groups -OCH3 is 1. The standard InChI is InChI=1S/C24H18ClN3O3/c1-30-20-7-2-3-8-21(20)31-22-13-14-26-23(28-22)16-5-4-6-17(15-16)24(29)27-19-11-9-18(25)10-12-19/h2-15H,1H3,(H,27,29). The van der Waals surface area contributed by atoms with Gasteiger partial charge in [-0.25, -0.2) is 4.98 Å². The van der Waals surface area contributed by atoms with E-state index in [1.807, 2.05) is 18.2 Å². The first kappa shape index (κ1) is 20.4. The SMILES string of the molecule is COc1ccccc1Oc1ccnc(-c2cccc(C(=O)Nc3ccc(Cl)cc3)c2)n1. The molecule has 1 N–H and O–H groups in total. The molecule has 7 heteroatoms. The van der Waals surface area contributed by atoms with Crippen molar-refractivity contribution in [2.24, 2.45) is 0 Å². The van der Waals surface area contributed by atoms with Gasteiger partial charge < -0.3 is 14.8 Å². The lowest BCUT2D eigenvalue weighted by Gasteiger charge is -2.10. The molecule has 0 saturated heterocycles. The van der Waals surface area contributed by atoms with E-state index in [-0.39, 0.29) is 5.91 Å². The fourth-order valence-corrected chi connectivity index (χ4v) is 3.02. The van der Waals surface area contributed by atoms with Crippen molar-refractivity contribution in [3.05, 3.63) is 95.6 Å². The number of ether oxygens (including phenoxy) is 2. The van der Waals surface area contributed by atoms with Crippen LogP contribution in [0.2, 0.25) is 5.02 Å². The van der Waals surface area contributed by atoms with Gasteiger partial charge in [0, 0.05) is 34.1 Å². The number of aromatic nitrogens is 2. The van der Waals surface area contributed by atoms with Crippen LogP contribution in [0.3, 0.4) is 0 Å². The summed E-state index contributed by atoms with van der Waals surface area (Å²) in [4.78, 5) is 21.4. The molecule has 1 aromatic heterocycles. The van der Waals surface area contributed by atoms with Crippen LogP contribution in [0.25, 0.3) is 11.4 Å². The van der Waals surface area contributed by atoms with Crippen molar-refractivity contribution >= 4 is 23.2 Å². The van der Waals surface area contributed by atoms with Crippen LogP contribution >= 0.6 is 11.6 Å². The topological polar surface area (TPSA) is 73.3 Å². The number of nitrogens with zero attached hydrogens (tertiary/aromatic N) is 2. The van der Waals surface area contributed by atoms with E-state index in [1.165, 1.54) is 0 Å². The second kappa shape index (κ2) is 9.28. The van der Waals surface area contributed by atoms with Gasteiger partial charge in [0.05, 0.1) is 7.11 Å². The van der Waals surface area contributed by atoms with Crippen LogP contribution in [-0.2, 0) is 0 Å². The molecule has 0 atom stereocenters. The number of benzene rings is 3. The number of hydrogen-bond acceptors (Lipinski definition) is 5. The van der Waals surface area contributed by atoms with E-state index in [9.17, 15) is 4.79 Å². The number of rotatable bonds is 6. The molecular weight excluding hydrogens is 414 g/mol. The molecule has 0 spiro atoms. The molecule has 4 rings (SSSR count). The Hall–Kier alpha value is -3.90. The van der Waals surface area contributed by atoms with Crippen molar-refractivity contribution in [2.75, 3.05) is 12.4 Å². The molecule has 0 fully saturated rings. The van der Waals surface area contributed by atoms with Crippen molar-refractivity contribution in [1.82, 2.24) is 9.97 Å². The fourth-order valence-electron chi connectivity index (χ4n) is 2.89. The third-order valence-electron chi connectivity index (χ3n) is 4.40. The van der Waals surface area contributed by atoms with Gasteiger partial charge in [0.1, 0.15) is 0 Å². The van der Waals surface area contributed by atoms with Crippen molar-refractivity contribution < 1.29 is 14.3 Å². The Morgan fingerprint density at radius 2 is 1.71 bits per heavy atom. The highest BCUT2D eigenvalue weighted by atomic mass is 35.5. The average molecular weight is 432 g/mol. The predicted octanol–water partition coefficient (Wildman–Crippen LogP) is 5.85. The van der Waals surface area contributed by atoms with Gasteiger partial charge in [-0.2, -0.15) is 4.98 Å². The summed E-state index contributed by atoms with van der Waals surface area (Å²) in [6.45, 7) is 0. The average Bonchev–Trinajstić information content (AvgIpc) is 2.81. The molecule has 6 nitrogen and oxygen atoms in total. The second-order valence-electron chi connectivity index (χ2n) is 6.51. The van der Waals surface area contributed by atoms with E-state index in [1.54, 1.807) is 74.0 Å². The largest absolute Gasteiger partial charge is 0.493 e. The second-order valence-corrected chi connectivity index (χ2v) is 6.95. The molecule has 0 aliphatic rings. The minimum absolute atomic E-state index is 0.245. The van der Waals surface area contributed by atoms with E-state index < -0.39 is 0 Å². The number of hydrogen-bond donors (Lipinski definition) is 1. The molecule has 3 aromatic carbocycles. The molecule has 0 aliphatic carbocycles. The van der Waals surface area contributed by atoms with Crippen LogP contribution in [0.5, 0.6) is 17.4 Å². The fraction of sp³-hybridized carbons (Fsp3) is 0.0417. The first-order chi connectivity index (χ1) is 15.1. The zero-order valence-electron chi connectivity index (χ0n) is 16.6. The highest BCUT2D eigenvalue weighted by molar-refractivity contribution is 6.30. The Bertz CT molecular complexity index is 1210. The van der Waals surface area contributed by atoms with Crippen molar-refractivity contribution in [2.45, 2.75) is 0 Å². The van der Waals surface area contributed by atoms with Crippen LogP contribution < -0.4 is 14.8 Å². The summed E-state index contributed by atoms with van der Waals surface area (Å²) < 4.78 is 11.2. The number of anilines is 1. The van der Waals surface area contributed by atoms with Gasteiger partial charge in [-0.15, -0.1) is 0 Å². The summed E-state index contributed by atoms with van der Waals surface area (Å²) >= 11 is 5.89. The predicted molar refractivity (Wildman–Crippen MR) is 120 cm³/mol. The van der Waals surface area contributed by atoms with E-state index in [0.717, 1.165) is 0 Å². The molecule has 0 bridgehead atoms. The molecule has 4 aromatic rings. The maximum atomic E-state index is 12.6. The number of carbonyl (C=O) groups is 1. The minimum Gasteiger partial charge on any atom is -0.493 e. The van der Waals surface area contributed by atoms with Crippen LogP contribution in [0, 0.1) is 0 Å². The highest BCUT2D eigenvalue weighted by Gasteiger charge is 2.11. The lowest BCUT2D eigenvalue weighted by Crippen LogP contribution is -2.11. The first-order valence-electron chi connectivity index (χ1n) is 9.43. The van der Waals surface area contributed by atoms with Crippen LogP contribution in [0.1, 0.15) is 10.4 Å². The molecule has 31 heavy (non-hydrogen) atoms. The molecule has 0 aliphatic heterocycles. The van der Waals surface area contributed by atoms with Gasteiger partial charge in [-0.1, -0.05) is 35.9 Å². The third kappa shape index (κ3) is 4.99. The quantitative estimate of drug-likeness (QED) is 0.414. The van der Waals surface area contributed by atoms with Gasteiger partial charge in [0.2, 0.25) is 5.88 Å². The molecule has 154 valence electrons. The molecule has 1 heterocycles. The van der Waals surface area contributed by atoms with Crippen LogP contribution in [0.15, 0.2) is 85.1 Å². The summed E-state index contributed by atoms with van der Waals surface area (Å²) in [7, 11) is 1.58. The van der Waals surface area contributed by atoms with E-state index in [2.05, 4.69) is 15.3 Å². The van der Waals surface area contributed by atoms with E-state index >= 15 is 0 Å². The number of carbonyl (C=O) groups excluding carboxylic acids is 1. The number of nitrogens with one attached hydrogen (secondary N) is 1. The Kier molecular flexibility index (Phi) is 6.10. The van der Waals surface area contributed by atoms with Gasteiger partial charge in [-0.3, -0.25) is 4.79 Å². The Labute approximate surface area is 184 Å². The van der Waals surface area contributed by atoms with Gasteiger partial charge in [-0.05, 0) is 48.5 Å². The third-order valence-corrected chi connectivity index (χ3v) is 4.65. The molecular formula is C24H18ClN3O3. The lowest BCUT2D eigenvalue weighted by molar-refractivity contribution is 0.102. The zero-order valence-corrected chi connectivity index (χ0v) is 17.3. The summed E-state index contributed by atoms with van der Waals surface area (Å²) in [5, 5.41) is 3.45. The zero-order chi connectivity index (χ0) is 21.6. The maximum absolute atomic E-state index is 12.6. The first-order valence-corrected chi connectivity index (χ1v) is 9.81. The number of para-hydroxylation sites is 2. The van der Waals surface area contributed by atoms with Gasteiger partial charge in [0.25, 0.3) is 5.91 Å². The van der Waals surface area contributed by atoms with Crippen molar-refractivity contribution in [3.8, 4) is 28.8 Å². The van der Waals surface area contributed by atoms with E-state index in [4.69, 9.17) is 21.1 Å². The number of halogens is 1. The molecule has 1 amide bonds. The Morgan fingerprint density at radius 1 is 0.935 bits per heavy atom. The van der Waals surface area contributed by atoms with Crippen LogP contribution in [0.4, 0.5) is 5.69 Å². The molecule has 0 radical (unpaired) electrons. The molecule has 0 unspecified atom stereocenters. The van der Waals surface area contributed by atoms with Gasteiger partial charge >= 0.3 is 0 Å². The van der Waals surface area contributed by atoms with Gasteiger partial charge in [0.15, 0.2) is 17.3 Å².